The van der Waals surface area contributed by atoms with Gasteiger partial charge in [-0.1, -0.05) is 6.92 Å². The maximum atomic E-state index is 5.76. The van der Waals surface area contributed by atoms with E-state index in [1.165, 1.54) is 0 Å². The van der Waals surface area contributed by atoms with Crippen LogP contribution in [0.5, 0.6) is 0 Å². The van der Waals surface area contributed by atoms with Gasteiger partial charge in [0.1, 0.15) is 0 Å². The van der Waals surface area contributed by atoms with Crippen molar-refractivity contribution in [1.82, 2.24) is 4.90 Å². The molecule has 59 valence electrons. The van der Waals surface area contributed by atoms with Gasteiger partial charge in [-0.3, -0.25) is 4.90 Å². The zero-order valence-corrected chi connectivity index (χ0v) is 6.42. The predicted molar refractivity (Wildman–Crippen MR) is 40.3 cm³/mol. The summed E-state index contributed by atoms with van der Waals surface area (Å²) in [7, 11) is 0. The van der Waals surface area contributed by atoms with Crippen LogP contribution in [0.4, 0.5) is 0 Å². The van der Waals surface area contributed by atoms with Gasteiger partial charge in [-0.2, -0.15) is 0 Å². The maximum absolute atomic E-state index is 5.76. The number of hydrogen-bond donors (Lipinski definition) is 1. The first-order valence-corrected chi connectivity index (χ1v) is 3.71. The fourth-order valence-corrected chi connectivity index (χ4v) is 1.09. The standard InChI is InChI=1S/C7H15N2O/c1-2-7(8)9-3-5-10-6-4-9/h2,7H,3-6,8H2,1H3. The minimum absolute atomic E-state index is 0.115. The molecule has 0 bridgehead atoms. The Balaban J connectivity index is 2.24. The largest absolute Gasteiger partial charge is 0.379 e. The molecule has 1 rings (SSSR count). The summed E-state index contributed by atoms with van der Waals surface area (Å²) in [6, 6.07) is 0. The summed E-state index contributed by atoms with van der Waals surface area (Å²) in [6.45, 7) is 5.56. The fourth-order valence-electron chi connectivity index (χ4n) is 1.09. The Morgan fingerprint density at radius 2 is 2.10 bits per heavy atom. The van der Waals surface area contributed by atoms with Crippen LogP contribution in [0.3, 0.4) is 0 Å². The van der Waals surface area contributed by atoms with Crippen molar-refractivity contribution in [2.75, 3.05) is 26.3 Å². The van der Waals surface area contributed by atoms with Gasteiger partial charge in [0.2, 0.25) is 0 Å². The SMILES string of the molecule is C[CH]C(N)N1CCOCC1. The van der Waals surface area contributed by atoms with E-state index in [1.807, 2.05) is 13.3 Å². The molecule has 1 fully saturated rings. The van der Waals surface area contributed by atoms with E-state index in [0.717, 1.165) is 26.3 Å². The van der Waals surface area contributed by atoms with Crippen molar-refractivity contribution in [1.29, 1.82) is 0 Å². The molecule has 0 aliphatic carbocycles. The highest BCUT2D eigenvalue weighted by molar-refractivity contribution is 4.77. The van der Waals surface area contributed by atoms with Gasteiger partial charge in [0.15, 0.2) is 0 Å². The highest BCUT2D eigenvalue weighted by Crippen LogP contribution is 2.00. The molecule has 1 aliphatic rings. The quantitative estimate of drug-likeness (QED) is 0.583. The van der Waals surface area contributed by atoms with Crippen molar-refractivity contribution in [2.45, 2.75) is 13.1 Å². The van der Waals surface area contributed by atoms with Crippen LogP contribution >= 0.6 is 0 Å². The Bertz CT molecular complexity index is 91.6. The molecule has 0 amide bonds. The van der Waals surface area contributed by atoms with E-state index < -0.39 is 0 Å². The second kappa shape index (κ2) is 3.91. The topological polar surface area (TPSA) is 38.5 Å². The Labute approximate surface area is 62.1 Å². The van der Waals surface area contributed by atoms with E-state index in [1.54, 1.807) is 0 Å². The minimum Gasteiger partial charge on any atom is -0.379 e. The van der Waals surface area contributed by atoms with E-state index >= 15 is 0 Å². The normalized spacial score (nSPS) is 24.6. The summed E-state index contributed by atoms with van der Waals surface area (Å²) in [5, 5.41) is 0. The molecule has 3 heteroatoms. The Morgan fingerprint density at radius 1 is 1.50 bits per heavy atom. The monoisotopic (exact) mass is 143 g/mol. The van der Waals surface area contributed by atoms with Gasteiger partial charge in [-0.25, -0.2) is 0 Å². The van der Waals surface area contributed by atoms with E-state index in [0.29, 0.717) is 0 Å². The van der Waals surface area contributed by atoms with E-state index in [2.05, 4.69) is 4.90 Å². The molecule has 1 heterocycles. The van der Waals surface area contributed by atoms with Gasteiger partial charge in [0.05, 0.1) is 19.4 Å². The number of nitrogens with zero attached hydrogens (tertiary/aromatic N) is 1. The minimum atomic E-state index is 0.115. The lowest BCUT2D eigenvalue weighted by atomic mass is 10.3. The third kappa shape index (κ3) is 1.94. The van der Waals surface area contributed by atoms with Crippen LogP contribution in [0.25, 0.3) is 0 Å². The van der Waals surface area contributed by atoms with Crippen LogP contribution in [0.1, 0.15) is 6.92 Å². The average molecular weight is 143 g/mol. The van der Waals surface area contributed by atoms with Gasteiger partial charge in [-0.15, -0.1) is 0 Å². The second-order valence-electron chi connectivity index (χ2n) is 2.47. The molecule has 1 saturated heterocycles. The van der Waals surface area contributed by atoms with Gasteiger partial charge in [0, 0.05) is 13.1 Å². The summed E-state index contributed by atoms with van der Waals surface area (Å²) in [5.41, 5.74) is 5.76. The van der Waals surface area contributed by atoms with Gasteiger partial charge in [-0.05, 0) is 6.42 Å². The summed E-state index contributed by atoms with van der Waals surface area (Å²) < 4.78 is 5.18. The van der Waals surface area contributed by atoms with Gasteiger partial charge in [0.25, 0.3) is 0 Å². The molecule has 1 aliphatic heterocycles. The van der Waals surface area contributed by atoms with Crippen LogP contribution in [0, 0.1) is 6.42 Å². The van der Waals surface area contributed by atoms with Crippen LogP contribution in [0.2, 0.25) is 0 Å². The lowest BCUT2D eigenvalue weighted by Gasteiger charge is -2.31. The summed E-state index contributed by atoms with van der Waals surface area (Å²) in [4.78, 5) is 2.21. The van der Waals surface area contributed by atoms with Crippen molar-refractivity contribution in [3.8, 4) is 0 Å². The van der Waals surface area contributed by atoms with Crippen LogP contribution in [-0.4, -0.2) is 37.4 Å². The van der Waals surface area contributed by atoms with Crippen LogP contribution in [-0.2, 0) is 4.74 Å². The zero-order chi connectivity index (χ0) is 7.40. The molecule has 0 spiro atoms. The number of rotatable bonds is 2. The lowest BCUT2D eigenvalue weighted by Crippen LogP contribution is -2.47. The predicted octanol–water partition coefficient (Wildman–Crippen LogP) is -0.172. The summed E-state index contributed by atoms with van der Waals surface area (Å²) in [6.07, 6.45) is 2.12. The Morgan fingerprint density at radius 3 is 2.60 bits per heavy atom. The highest BCUT2D eigenvalue weighted by Gasteiger charge is 2.14. The first-order chi connectivity index (χ1) is 4.84. The van der Waals surface area contributed by atoms with E-state index in [-0.39, 0.29) is 6.17 Å². The lowest BCUT2D eigenvalue weighted by molar-refractivity contribution is 0.0240. The summed E-state index contributed by atoms with van der Waals surface area (Å²) in [5.74, 6) is 0. The third-order valence-electron chi connectivity index (χ3n) is 1.81. The molecule has 0 aromatic heterocycles. The zero-order valence-electron chi connectivity index (χ0n) is 6.42. The fraction of sp³-hybridized carbons (Fsp3) is 0.857. The average Bonchev–Trinajstić information content (AvgIpc) is 2.05. The molecule has 2 N–H and O–H groups in total. The van der Waals surface area contributed by atoms with Gasteiger partial charge < -0.3 is 10.5 Å². The van der Waals surface area contributed by atoms with Crippen LogP contribution < -0.4 is 5.73 Å². The maximum Gasteiger partial charge on any atom is 0.0603 e. The molecule has 10 heavy (non-hydrogen) atoms. The van der Waals surface area contributed by atoms with Crippen LogP contribution in [0.15, 0.2) is 0 Å². The van der Waals surface area contributed by atoms with Crippen molar-refractivity contribution in [2.24, 2.45) is 5.73 Å². The molecule has 1 radical (unpaired) electrons. The molecular weight excluding hydrogens is 128 g/mol. The second-order valence-corrected chi connectivity index (χ2v) is 2.47. The van der Waals surface area contributed by atoms with Crippen molar-refractivity contribution in [3.05, 3.63) is 6.42 Å². The van der Waals surface area contributed by atoms with Gasteiger partial charge >= 0.3 is 0 Å². The summed E-state index contributed by atoms with van der Waals surface area (Å²) >= 11 is 0. The molecule has 3 nitrogen and oxygen atoms in total. The molecule has 1 unspecified atom stereocenters. The first-order valence-electron chi connectivity index (χ1n) is 3.71. The van der Waals surface area contributed by atoms with Crippen molar-refractivity contribution >= 4 is 0 Å². The smallest absolute Gasteiger partial charge is 0.0603 e. The number of nitrogens with two attached hydrogens (primary N) is 1. The number of ether oxygens (including phenoxy) is 1. The number of hydrogen-bond acceptors (Lipinski definition) is 3. The molecule has 1 atom stereocenters. The number of morpholine rings is 1. The van der Waals surface area contributed by atoms with Crippen molar-refractivity contribution in [3.63, 3.8) is 0 Å². The Hall–Kier alpha value is -0.120. The highest BCUT2D eigenvalue weighted by atomic mass is 16.5. The molecule has 0 aromatic carbocycles. The Kier molecular flexibility index (Phi) is 3.12. The molecule has 0 aromatic rings. The van der Waals surface area contributed by atoms with E-state index in [4.69, 9.17) is 10.5 Å². The molecule has 0 saturated carbocycles. The first kappa shape index (κ1) is 7.98. The molecular formula is C7H15N2O. The van der Waals surface area contributed by atoms with E-state index in [9.17, 15) is 0 Å². The van der Waals surface area contributed by atoms with Crippen molar-refractivity contribution < 1.29 is 4.74 Å². The third-order valence-corrected chi connectivity index (χ3v) is 1.81.